The van der Waals surface area contributed by atoms with Gasteiger partial charge >= 0.3 is 0 Å². The summed E-state index contributed by atoms with van der Waals surface area (Å²) >= 11 is 0. The molecule has 188 valence electrons. The summed E-state index contributed by atoms with van der Waals surface area (Å²) in [6, 6.07) is 27.9. The molecule has 2 N–H and O–H groups in total. The van der Waals surface area contributed by atoms with Crippen molar-refractivity contribution in [2.75, 3.05) is 7.05 Å². The standard InChI is InChI=1S/C31H32N4O2/c1-30(2,19-32)24-16-23(17-25(18-24)31(3,4)20-33)28(36)35-27(29(37)34-5)26(21-12-8-6-9-13-21)22-14-10-7-11-15-22/h6-18,26-27H,1-5H3,(H,34,37)(H,35,36). The van der Waals surface area contributed by atoms with Crippen molar-refractivity contribution in [1.82, 2.24) is 10.6 Å². The van der Waals surface area contributed by atoms with E-state index in [2.05, 4.69) is 22.8 Å². The van der Waals surface area contributed by atoms with Crippen molar-refractivity contribution in [2.45, 2.75) is 50.5 Å². The molecule has 0 aliphatic rings. The summed E-state index contributed by atoms with van der Waals surface area (Å²) < 4.78 is 0. The van der Waals surface area contributed by atoms with E-state index in [4.69, 9.17) is 0 Å². The Morgan fingerprint density at radius 2 is 1.19 bits per heavy atom. The fourth-order valence-electron chi connectivity index (χ4n) is 4.19. The molecule has 0 heterocycles. The summed E-state index contributed by atoms with van der Waals surface area (Å²) in [5.41, 5.74) is 1.54. The lowest BCUT2D eigenvalue weighted by atomic mass is 9.79. The molecule has 3 aromatic carbocycles. The van der Waals surface area contributed by atoms with Gasteiger partial charge in [0.05, 0.1) is 23.0 Å². The van der Waals surface area contributed by atoms with Crippen LogP contribution in [0.2, 0.25) is 0 Å². The Bertz CT molecular complexity index is 1270. The van der Waals surface area contributed by atoms with Crippen LogP contribution in [0, 0.1) is 22.7 Å². The van der Waals surface area contributed by atoms with Gasteiger partial charge in [0.15, 0.2) is 0 Å². The Labute approximate surface area is 218 Å². The number of nitrogens with zero attached hydrogens (tertiary/aromatic N) is 2. The highest BCUT2D eigenvalue weighted by Gasteiger charge is 2.33. The van der Waals surface area contributed by atoms with Gasteiger partial charge in [0.1, 0.15) is 6.04 Å². The molecule has 6 heteroatoms. The van der Waals surface area contributed by atoms with E-state index in [1.165, 1.54) is 7.05 Å². The smallest absolute Gasteiger partial charge is 0.251 e. The first kappa shape index (κ1) is 27.2. The molecule has 0 saturated heterocycles. The highest BCUT2D eigenvalue weighted by molar-refractivity contribution is 5.98. The zero-order chi connectivity index (χ0) is 27.2. The lowest BCUT2D eigenvalue weighted by Gasteiger charge is -2.28. The van der Waals surface area contributed by atoms with Crippen molar-refractivity contribution < 1.29 is 9.59 Å². The second kappa shape index (κ2) is 11.1. The maximum atomic E-state index is 13.7. The molecule has 0 aliphatic heterocycles. The Balaban J connectivity index is 2.13. The first-order valence-electron chi connectivity index (χ1n) is 12.1. The van der Waals surface area contributed by atoms with E-state index in [1.807, 2.05) is 60.7 Å². The van der Waals surface area contributed by atoms with Crippen LogP contribution in [0.1, 0.15) is 66.2 Å². The van der Waals surface area contributed by atoms with E-state index in [0.29, 0.717) is 11.1 Å². The monoisotopic (exact) mass is 492 g/mol. The zero-order valence-electron chi connectivity index (χ0n) is 21.9. The quantitative estimate of drug-likeness (QED) is 0.463. The van der Waals surface area contributed by atoms with Gasteiger partial charge < -0.3 is 10.6 Å². The van der Waals surface area contributed by atoms with Gasteiger partial charge in [-0.25, -0.2) is 0 Å². The van der Waals surface area contributed by atoms with Gasteiger partial charge in [0.25, 0.3) is 5.91 Å². The van der Waals surface area contributed by atoms with Gasteiger partial charge in [-0.2, -0.15) is 10.5 Å². The molecule has 3 rings (SSSR count). The lowest BCUT2D eigenvalue weighted by Crippen LogP contribution is -2.49. The largest absolute Gasteiger partial charge is 0.357 e. The summed E-state index contributed by atoms with van der Waals surface area (Å²) in [6.07, 6.45) is 0. The van der Waals surface area contributed by atoms with E-state index in [9.17, 15) is 20.1 Å². The molecule has 0 bridgehead atoms. The molecule has 3 aromatic rings. The molecule has 0 aromatic heterocycles. The molecule has 37 heavy (non-hydrogen) atoms. The van der Waals surface area contributed by atoms with Crippen molar-refractivity contribution in [3.05, 3.63) is 107 Å². The number of nitrogens with one attached hydrogen (secondary N) is 2. The average molecular weight is 493 g/mol. The molecular formula is C31H32N4O2. The van der Waals surface area contributed by atoms with Crippen molar-refractivity contribution in [3.63, 3.8) is 0 Å². The summed E-state index contributed by atoms with van der Waals surface area (Å²) in [5, 5.41) is 25.1. The molecule has 2 amide bonds. The van der Waals surface area contributed by atoms with Gasteiger partial charge in [0.2, 0.25) is 5.91 Å². The lowest BCUT2D eigenvalue weighted by molar-refractivity contribution is -0.122. The summed E-state index contributed by atoms with van der Waals surface area (Å²) in [6.45, 7) is 7.06. The van der Waals surface area contributed by atoms with Crippen LogP contribution in [0.15, 0.2) is 78.9 Å². The van der Waals surface area contributed by atoms with Crippen LogP contribution in [0.4, 0.5) is 0 Å². The SMILES string of the molecule is CNC(=O)C(NC(=O)c1cc(C(C)(C)C#N)cc(C(C)(C)C#N)c1)C(c1ccccc1)c1ccccc1. The Kier molecular flexibility index (Phi) is 8.15. The van der Waals surface area contributed by atoms with Gasteiger partial charge in [-0.15, -0.1) is 0 Å². The number of hydrogen-bond donors (Lipinski definition) is 2. The van der Waals surface area contributed by atoms with Crippen molar-refractivity contribution in [2.24, 2.45) is 0 Å². The number of hydrogen-bond acceptors (Lipinski definition) is 4. The van der Waals surface area contributed by atoms with Gasteiger partial charge in [-0.3, -0.25) is 9.59 Å². The molecule has 1 unspecified atom stereocenters. The van der Waals surface area contributed by atoms with Gasteiger partial charge in [-0.05, 0) is 62.1 Å². The molecule has 0 aliphatic carbocycles. The summed E-state index contributed by atoms with van der Waals surface area (Å²) in [5.74, 6) is -1.24. The number of benzene rings is 3. The number of rotatable bonds is 8. The van der Waals surface area contributed by atoms with E-state index in [1.54, 1.807) is 45.9 Å². The van der Waals surface area contributed by atoms with Crippen LogP contribution in [-0.2, 0) is 15.6 Å². The second-order valence-corrected chi connectivity index (χ2v) is 10.1. The maximum Gasteiger partial charge on any atom is 0.251 e. The molecular weight excluding hydrogens is 460 g/mol. The van der Waals surface area contributed by atoms with Crippen LogP contribution in [0.3, 0.4) is 0 Å². The number of carbonyl (C=O) groups excluding carboxylic acids is 2. The Morgan fingerprint density at radius 1 is 0.757 bits per heavy atom. The van der Waals surface area contributed by atoms with Gasteiger partial charge in [-0.1, -0.05) is 66.7 Å². The van der Waals surface area contributed by atoms with Crippen molar-refractivity contribution in [1.29, 1.82) is 10.5 Å². The first-order valence-corrected chi connectivity index (χ1v) is 12.1. The summed E-state index contributed by atoms with van der Waals surface area (Å²) in [7, 11) is 1.54. The van der Waals surface area contributed by atoms with Gasteiger partial charge in [0, 0.05) is 18.5 Å². The molecule has 0 fully saturated rings. The van der Waals surface area contributed by atoms with E-state index < -0.39 is 28.7 Å². The predicted molar refractivity (Wildman–Crippen MR) is 144 cm³/mol. The third-order valence-corrected chi connectivity index (χ3v) is 6.66. The number of likely N-dealkylation sites (N-methyl/N-ethyl adjacent to an activating group) is 1. The Hall–Kier alpha value is -4.42. The number of carbonyl (C=O) groups is 2. The topological polar surface area (TPSA) is 106 Å². The minimum atomic E-state index is -0.914. The molecule has 0 spiro atoms. The fourth-order valence-corrected chi connectivity index (χ4v) is 4.19. The maximum absolute atomic E-state index is 13.7. The van der Waals surface area contributed by atoms with Crippen LogP contribution < -0.4 is 10.6 Å². The van der Waals surface area contributed by atoms with Crippen LogP contribution in [0.25, 0.3) is 0 Å². The molecule has 1 atom stereocenters. The summed E-state index contributed by atoms with van der Waals surface area (Å²) in [4.78, 5) is 26.9. The highest BCUT2D eigenvalue weighted by Crippen LogP contribution is 2.32. The first-order chi connectivity index (χ1) is 17.5. The van der Waals surface area contributed by atoms with Crippen molar-refractivity contribution >= 4 is 11.8 Å². The fraction of sp³-hybridized carbons (Fsp3) is 0.290. The third kappa shape index (κ3) is 6.05. The predicted octanol–water partition coefficient (Wildman–Crippen LogP) is 4.97. The van der Waals surface area contributed by atoms with Crippen LogP contribution in [-0.4, -0.2) is 24.9 Å². The average Bonchev–Trinajstić information content (AvgIpc) is 2.93. The van der Waals surface area contributed by atoms with Crippen molar-refractivity contribution in [3.8, 4) is 12.1 Å². The normalized spacial score (nSPS) is 12.2. The second-order valence-electron chi connectivity index (χ2n) is 10.1. The molecule has 0 saturated carbocycles. The molecule has 6 nitrogen and oxygen atoms in total. The Morgan fingerprint density at radius 3 is 1.57 bits per heavy atom. The highest BCUT2D eigenvalue weighted by atomic mass is 16.2. The minimum Gasteiger partial charge on any atom is -0.357 e. The van der Waals surface area contributed by atoms with E-state index in [-0.39, 0.29) is 11.5 Å². The number of nitriles is 2. The number of amides is 2. The minimum absolute atomic E-state index is 0.285. The van der Waals surface area contributed by atoms with Crippen LogP contribution in [0.5, 0.6) is 0 Å². The molecule has 0 radical (unpaired) electrons. The van der Waals surface area contributed by atoms with Crippen LogP contribution >= 0.6 is 0 Å². The zero-order valence-corrected chi connectivity index (χ0v) is 21.9. The van der Waals surface area contributed by atoms with E-state index in [0.717, 1.165) is 11.1 Å². The third-order valence-electron chi connectivity index (χ3n) is 6.66. The van der Waals surface area contributed by atoms with E-state index >= 15 is 0 Å².